The molecular weight excluding hydrogens is 350 g/mol. The van der Waals surface area contributed by atoms with Gasteiger partial charge < -0.3 is 0 Å². The molecule has 1 atom stereocenters. The van der Waals surface area contributed by atoms with E-state index in [1.165, 1.54) is 12.1 Å². The second-order valence-corrected chi connectivity index (χ2v) is 5.69. The van der Waals surface area contributed by atoms with Crippen molar-refractivity contribution in [3.05, 3.63) is 68.7 Å². The van der Waals surface area contributed by atoms with Gasteiger partial charge in [0, 0.05) is 15.1 Å². The summed E-state index contributed by atoms with van der Waals surface area (Å²) in [5, 5.41) is 0.565. The summed E-state index contributed by atoms with van der Waals surface area (Å²) in [6.45, 7) is 0. The van der Waals surface area contributed by atoms with Crippen molar-refractivity contribution >= 4 is 27.5 Å². The third-order valence-electron chi connectivity index (χ3n) is 2.92. The molecule has 0 fully saturated rings. The minimum absolute atomic E-state index is 0.0873. The highest BCUT2D eigenvalue weighted by molar-refractivity contribution is 9.10. The van der Waals surface area contributed by atoms with E-state index in [9.17, 15) is 8.78 Å². The van der Waals surface area contributed by atoms with Gasteiger partial charge in [0.15, 0.2) is 0 Å². The second-order valence-electron chi connectivity index (χ2n) is 4.34. The molecule has 0 aliphatic heterocycles. The number of rotatable bonds is 4. The normalized spacial score (nSPS) is 12.4. The minimum atomic E-state index is -0.679. The van der Waals surface area contributed by atoms with E-state index in [1.807, 2.05) is 6.07 Å². The van der Waals surface area contributed by atoms with E-state index in [1.54, 1.807) is 18.2 Å². The van der Waals surface area contributed by atoms with E-state index < -0.39 is 17.7 Å². The third-order valence-corrected chi connectivity index (χ3v) is 3.62. The summed E-state index contributed by atoms with van der Waals surface area (Å²) in [6.07, 6.45) is 0.326. The molecule has 2 aromatic carbocycles. The van der Waals surface area contributed by atoms with Crippen LogP contribution in [0.3, 0.4) is 0 Å². The van der Waals surface area contributed by atoms with Crippen molar-refractivity contribution in [2.75, 3.05) is 0 Å². The molecule has 20 heavy (non-hydrogen) atoms. The van der Waals surface area contributed by atoms with Crippen molar-refractivity contribution in [3.8, 4) is 0 Å². The van der Waals surface area contributed by atoms with E-state index in [0.29, 0.717) is 15.9 Å². The van der Waals surface area contributed by atoms with Crippen molar-refractivity contribution in [2.24, 2.45) is 5.84 Å². The first-order chi connectivity index (χ1) is 9.51. The Kier molecular flexibility index (Phi) is 5.10. The Morgan fingerprint density at radius 1 is 1.20 bits per heavy atom. The first-order valence-electron chi connectivity index (χ1n) is 5.86. The van der Waals surface area contributed by atoms with Gasteiger partial charge in [0.1, 0.15) is 11.6 Å². The number of nitrogens with two attached hydrogens (primary N) is 1. The van der Waals surface area contributed by atoms with Gasteiger partial charge in [-0.2, -0.15) is 0 Å². The summed E-state index contributed by atoms with van der Waals surface area (Å²) in [5.41, 5.74) is 3.20. The zero-order chi connectivity index (χ0) is 14.7. The standard InChI is InChI=1S/C14H12BrClF2N2/c15-9-6-11(17)14(12(18)7-9)13(20-19)5-8-2-1-3-10(16)4-8/h1-4,6-7,13,20H,5,19H2. The highest BCUT2D eigenvalue weighted by Crippen LogP contribution is 2.27. The lowest BCUT2D eigenvalue weighted by Gasteiger charge is -2.18. The molecule has 3 N–H and O–H groups in total. The van der Waals surface area contributed by atoms with Gasteiger partial charge in [-0.1, -0.05) is 39.7 Å². The molecule has 2 nitrogen and oxygen atoms in total. The maximum Gasteiger partial charge on any atom is 0.132 e. The van der Waals surface area contributed by atoms with Crippen LogP contribution in [-0.2, 0) is 6.42 Å². The summed E-state index contributed by atoms with van der Waals surface area (Å²) < 4.78 is 28.2. The molecule has 0 aliphatic rings. The van der Waals surface area contributed by atoms with Gasteiger partial charge in [0.25, 0.3) is 0 Å². The predicted octanol–water partition coefficient (Wildman–Crippen LogP) is 4.13. The number of benzene rings is 2. The SMILES string of the molecule is NNC(Cc1cccc(Cl)c1)c1c(F)cc(Br)cc1F. The van der Waals surface area contributed by atoms with E-state index in [0.717, 1.165) is 5.56 Å². The van der Waals surface area contributed by atoms with Crippen molar-refractivity contribution in [1.29, 1.82) is 0 Å². The number of hydrogen-bond acceptors (Lipinski definition) is 2. The highest BCUT2D eigenvalue weighted by atomic mass is 79.9. The Balaban J connectivity index is 2.34. The molecule has 0 saturated carbocycles. The molecule has 2 aromatic rings. The van der Waals surface area contributed by atoms with Crippen LogP contribution in [0.15, 0.2) is 40.9 Å². The van der Waals surface area contributed by atoms with Crippen molar-refractivity contribution in [3.63, 3.8) is 0 Å². The maximum absolute atomic E-state index is 13.9. The average molecular weight is 362 g/mol. The highest BCUT2D eigenvalue weighted by Gasteiger charge is 2.20. The van der Waals surface area contributed by atoms with Crippen LogP contribution in [0.1, 0.15) is 17.2 Å². The molecule has 0 aromatic heterocycles. The maximum atomic E-state index is 13.9. The Morgan fingerprint density at radius 3 is 2.40 bits per heavy atom. The Bertz CT molecular complexity index is 599. The summed E-state index contributed by atoms with van der Waals surface area (Å²) in [7, 11) is 0. The van der Waals surface area contributed by atoms with Crippen LogP contribution < -0.4 is 11.3 Å². The van der Waals surface area contributed by atoms with Crippen molar-refractivity contribution in [1.82, 2.24) is 5.43 Å². The number of hydrazine groups is 1. The molecule has 1 unspecified atom stereocenters. The molecule has 0 bridgehead atoms. The van der Waals surface area contributed by atoms with Crippen LogP contribution in [0.2, 0.25) is 5.02 Å². The molecule has 0 amide bonds. The largest absolute Gasteiger partial charge is 0.271 e. The van der Waals surface area contributed by atoms with Gasteiger partial charge in [-0.25, -0.2) is 8.78 Å². The molecule has 0 aliphatic carbocycles. The summed E-state index contributed by atoms with van der Waals surface area (Å²) >= 11 is 8.94. The van der Waals surface area contributed by atoms with Crippen LogP contribution in [0.5, 0.6) is 0 Å². The lowest BCUT2D eigenvalue weighted by Crippen LogP contribution is -2.31. The third kappa shape index (κ3) is 3.55. The Morgan fingerprint density at radius 2 is 1.85 bits per heavy atom. The summed E-state index contributed by atoms with van der Waals surface area (Å²) in [6, 6.07) is 8.81. The monoisotopic (exact) mass is 360 g/mol. The molecule has 0 saturated heterocycles. The predicted molar refractivity (Wildman–Crippen MR) is 79.3 cm³/mol. The van der Waals surface area contributed by atoms with Gasteiger partial charge >= 0.3 is 0 Å². The van der Waals surface area contributed by atoms with Crippen LogP contribution in [-0.4, -0.2) is 0 Å². The Hall–Kier alpha value is -1.01. The molecule has 0 spiro atoms. The van der Waals surface area contributed by atoms with Crippen LogP contribution in [0.25, 0.3) is 0 Å². The lowest BCUT2D eigenvalue weighted by molar-refractivity contribution is 0.472. The second kappa shape index (κ2) is 6.63. The molecule has 0 heterocycles. The number of hydrogen-bond donors (Lipinski definition) is 2. The van der Waals surface area contributed by atoms with Crippen molar-refractivity contribution < 1.29 is 8.78 Å². The summed E-state index contributed by atoms with van der Waals surface area (Å²) in [5.74, 6) is 4.14. The van der Waals surface area contributed by atoms with Crippen molar-refractivity contribution in [2.45, 2.75) is 12.5 Å². The fourth-order valence-corrected chi connectivity index (χ4v) is 2.65. The van der Waals surface area contributed by atoms with Crippen LogP contribution in [0, 0.1) is 11.6 Å². The van der Waals surface area contributed by atoms with E-state index in [2.05, 4.69) is 21.4 Å². The quantitative estimate of drug-likeness (QED) is 0.635. The molecule has 6 heteroatoms. The molecule has 106 valence electrons. The smallest absolute Gasteiger partial charge is 0.132 e. The first kappa shape index (κ1) is 15.4. The number of nitrogens with one attached hydrogen (secondary N) is 1. The van der Waals surface area contributed by atoms with Gasteiger partial charge in [0.2, 0.25) is 0 Å². The lowest BCUT2D eigenvalue weighted by atomic mass is 9.98. The van der Waals surface area contributed by atoms with Gasteiger partial charge in [-0.3, -0.25) is 11.3 Å². The van der Waals surface area contributed by atoms with Gasteiger partial charge in [-0.15, -0.1) is 0 Å². The molecule has 0 radical (unpaired) electrons. The minimum Gasteiger partial charge on any atom is -0.271 e. The summed E-state index contributed by atoms with van der Waals surface area (Å²) in [4.78, 5) is 0. The molecule has 2 rings (SSSR count). The zero-order valence-electron chi connectivity index (χ0n) is 10.3. The van der Waals surface area contributed by atoms with Crippen LogP contribution in [0.4, 0.5) is 8.78 Å². The number of halogens is 4. The van der Waals surface area contributed by atoms with E-state index >= 15 is 0 Å². The van der Waals surface area contributed by atoms with Gasteiger partial charge in [0.05, 0.1) is 6.04 Å². The topological polar surface area (TPSA) is 38.0 Å². The zero-order valence-corrected chi connectivity index (χ0v) is 12.7. The fraction of sp³-hybridized carbons (Fsp3) is 0.143. The van der Waals surface area contributed by atoms with E-state index in [-0.39, 0.29) is 5.56 Å². The average Bonchev–Trinajstić information content (AvgIpc) is 2.36. The fourth-order valence-electron chi connectivity index (χ4n) is 2.03. The first-order valence-corrected chi connectivity index (χ1v) is 7.03. The van der Waals surface area contributed by atoms with E-state index in [4.69, 9.17) is 17.4 Å². The van der Waals surface area contributed by atoms with Crippen LogP contribution >= 0.6 is 27.5 Å². The van der Waals surface area contributed by atoms with Gasteiger partial charge in [-0.05, 0) is 36.2 Å². The Labute approximate surface area is 129 Å². The molecular formula is C14H12BrClF2N2.